The Hall–Kier alpha value is -7.16. The van der Waals surface area contributed by atoms with Crippen molar-refractivity contribution < 1.29 is 0 Å². The van der Waals surface area contributed by atoms with Gasteiger partial charge in [-0.05, 0) is 97.8 Å². The summed E-state index contributed by atoms with van der Waals surface area (Å²) in [7, 11) is 0. The Balaban J connectivity index is 1.30. The van der Waals surface area contributed by atoms with E-state index in [9.17, 15) is 0 Å². The molecule has 0 bridgehead atoms. The van der Waals surface area contributed by atoms with Gasteiger partial charge in [-0.3, -0.25) is 0 Å². The second-order valence-corrected chi connectivity index (χ2v) is 16.4. The van der Waals surface area contributed by atoms with E-state index in [-0.39, 0.29) is 0 Å². The maximum Gasteiger partial charge on any atom is 0.0619 e. The van der Waals surface area contributed by atoms with Crippen molar-refractivity contribution in [1.29, 1.82) is 0 Å². The Morgan fingerprint density at radius 3 is 0.655 bits per heavy atom. The second kappa shape index (κ2) is 12.2. The fraction of sp³-hybridized carbons (Fsp3) is 0.0714. The van der Waals surface area contributed by atoms with Crippen molar-refractivity contribution in [2.75, 3.05) is 9.80 Å². The smallest absolute Gasteiger partial charge is 0.0619 e. The van der Waals surface area contributed by atoms with Crippen LogP contribution in [0.4, 0.5) is 34.1 Å². The molecule has 0 fully saturated rings. The maximum absolute atomic E-state index is 2.50. The van der Waals surface area contributed by atoms with Crippen LogP contribution in [0.1, 0.15) is 22.3 Å². The fourth-order valence-corrected chi connectivity index (χ4v) is 10.1. The van der Waals surface area contributed by atoms with Crippen LogP contribution >= 0.6 is 0 Å². The van der Waals surface area contributed by atoms with Crippen molar-refractivity contribution in [1.82, 2.24) is 0 Å². The van der Waals surface area contributed by atoms with Gasteiger partial charge in [-0.1, -0.05) is 144 Å². The lowest BCUT2D eigenvalue weighted by Gasteiger charge is -2.33. The molecular formula is C56H40N2. The Morgan fingerprint density at radius 2 is 0.431 bits per heavy atom. The van der Waals surface area contributed by atoms with Gasteiger partial charge in [0, 0.05) is 76.6 Å². The van der Waals surface area contributed by atoms with Crippen LogP contribution in [0.2, 0.25) is 0 Å². The van der Waals surface area contributed by atoms with E-state index < -0.39 is 0 Å². The van der Waals surface area contributed by atoms with Gasteiger partial charge in [0.2, 0.25) is 0 Å². The van der Waals surface area contributed by atoms with Crippen LogP contribution < -0.4 is 9.80 Å². The zero-order chi connectivity index (χ0) is 38.8. The van der Waals surface area contributed by atoms with Crippen LogP contribution in [0.3, 0.4) is 0 Å². The van der Waals surface area contributed by atoms with Crippen LogP contribution in [-0.2, 0) is 0 Å². The molecule has 0 aliphatic heterocycles. The van der Waals surface area contributed by atoms with E-state index in [4.69, 9.17) is 0 Å². The Labute approximate surface area is 337 Å². The van der Waals surface area contributed by atoms with Gasteiger partial charge < -0.3 is 9.80 Å². The first-order valence-electron chi connectivity index (χ1n) is 20.4. The summed E-state index contributed by atoms with van der Waals surface area (Å²) in [6.45, 7) is 8.66. The van der Waals surface area contributed by atoms with Crippen molar-refractivity contribution in [3.05, 3.63) is 192 Å². The third-order valence-corrected chi connectivity index (χ3v) is 12.7. The fourth-order valence-electron chi connectivity index (χ4n) is 10.1. The monoisotopic (exact) mass is 740 g/mol. The van der Waals surface area contributed by atoms with Gasteiger partial charge in [-0.2, -0.15) is 0 Å². The average Bonchev–Trinajstić information content (AvgIpc) is 3.25. The lowest BCUT2D eigenvalue weighted by molar-refractivity contribution is 1.29. The van der Waals surface area contributed by atoms with Crippen LogP contribution in [0.25, 0.3) is 75.4 Å². The van der Waals surface area contributed by atoms with Crippen molar-refractivity contribution in [3.8, 4) is 0 Å². The van der Waals surface area contributed by atoms with Gasteiger partial charge in [0.1, 0.15) is 0 Å². The summed E-state index contributed by atoms with van der Waals surface area (Å²) in [4.78, 5) is 4.99. The quantitative estimate of drug-likeness (QED) is 0.124. The molecule has 274 valence electrons. The molecule has 12 aromatic rings. The van der Waals surface area contributed by atoms with E-state index in [2.05, 4.69) is 207 Å². The molecule has 0 aromatic heterocycles. The van der Waals surface area contributed by atoms with E-state index in [1.54, 1.807) is 0 Å². The summed E-state index contributed by atoms with van der Waals surface area (Å²) in [5, 5.41) is 18.3. The number of benzene rings is 12. The molecule has 0 saturated carbocycles. The molecule has 0 atom stereocenters. The van der Waals surface area contributed by atoms with Crippen molar-refractivity contribution >= 4 is 110 Å². The molecule has 2 heteroatoms. The van der Waals surface area contributed by atoms with Crippen molar-refractivity contribution in [2.24, 2.45) is 0 Å². The zero-order valence-electron chi connectivity index (χ0n) is 33.1. The summed E-state index contributed by atoms with van der Waals surface area (Å²) in [6, 6.07) is 64.0. The summed E-state index contributed by atoms with van der Waals surface area (Å²) < 4.78 is 0. The first kappa shape index (κ1) is 33.0. The minimum Gasteiger partial charge on any atom is -0.309 e. The first-order valence-corrected chi connectivity index (χ1v) is 20.4. The van der Waals surface area contributed by atoms with E-state index in [1.165, 1.54) is 109 Å². The molecule has 0 N–H and O–H groups in total. The summed E-state index contributed by atoms with van der Waals surface area (Å²) in [5.41, 5.74) is 12.0. The van der Waals surface area contributed by atoms with E-state index in [0.717, 1.165) is 22.7 Å². The lowest BCUT2D eigenvalue weighted by Crippen LogP contribution is -2.13. The Bertz CT molecular complexity index is 3040. The number of rotatable bonds is 6. The zero-order valence-corrected chi connectivity index (χ0v) is 33.1. The van der Waals surface area contributed by atoms with Gasteiger partial charge in [-0.25, -0.2) is 0 Å². The van der Waals surface area contributed by atoms with Crippen molar-refractivity contribution in [2.45, 2.75) is 27.7 Å². The van der Waals surface area contributed by atoms with Gasteiger partial charge in [-0.15, -0.1) is 0 Å². The number of fused-ring (bicyclic) bond motifs is 2. The van der Waals surface area contributed by atoms with Crippen LogP contribution in [0.5, 0.6) is 0 Å². The van der Waals surface area contributed by atoms with E-state index >= 15 is 0 Å². The number of aryl methyl sites for hydroxylation is 4. The van der Waals surface area contributed by atoms with Gasteiger partial charge in [0.25, 0.3) is 0 Å². The van der Waals surface area contributed by atoms with E-state index in [0.29, 0.717) is 0 Å². The number of nitrogens with zero attached hydrogens (tertiary/aromatic N) is 2. The van der Waals surface area contributed by atoms with E-state index in [1.807, 2.05) is 0 Å². The maximum atomic E-state index is 2.50. The third-order valence-electron chi connectivity index (χ3n) is 12.7. The van der Waals surface area contributed by atoms with Crippen LogP contribution in [-0.4, -0.2) is 0 Å². The largest absolute Gasteiger partial charge is 0.309 e. The standard InChI is InChI=1S/C56H40N2/c1-33-17-25-37(26-18-33)57(38-27-19-34(2)20-28-38)55-45-13-5-9-41-43-11-7-15-47-51(43)54-52-44(42-10-6-14-46(55)50(42)53(54)49(41)45)12-8-16-48(52)56(47)58(39-29-21-35(3)22-30-39)40-31-23-36(4)24-32-40/h5-32H,1-4H3. The highest BCUT2D eigenvalue weighted by atomic mass is 15.2. The molecule has 12 aromatic carbocycles. The summed E-state index contributed by atoms with van der Waals surface area (Å²) >= 11 is 0. The molecule has 12 rings (SSSR count). The third kappa shape index (κ3) is 4.54. The highest BCUT2D eigenvalue weighted by Crippen LogP contribution is 2.58. The normalized spacial score (nSPS) is 12.1. The second-order valence-electron chi connectivity index (χ2n) is 16.4. The number of hydrogen-bond acceptors (Lipinski definition) is 2. The molecule has 0 aliphatic rings. The predicted molar refractivity (Wildman–Crippen MR) is 251 cm³/mol. The van der Waals surface area contributed by atoms with Crippen LogP contribution in [0, 0.1) is 27.7 Å². The molecule has 0 amide bonds. The molecule has 0 unspecified atom stereocenters. The molecule has 58 heavy (non-hydrogen) atoms. The van der Waals surface area contributed by atoms with Crippen molar-refractivity contribution in [3.63, 3.8) is 0 Å². The number of anilines is 6. The molecule has 0 radical (unpaired) electrons. The average molecular weight is 741 g/mol. The minimum absolute atomic E-state index is 1.15. The van der Waals surface area contributed by atoms with Gasteiger partial charge in [0.05, 0.1) is 11.4 Å². The summed E-state index contributed by atoms with van der Waals surface area (Å²) in [5.74, 6) is 0. The number of hydrogen-bond donors (Lipinski definition) is 0. The molecule has 0 spiro atoms. The SMILES string of the molecule is Cc1ccc(N(c2ccc(C)cc2)c2c3cccc4c5cccc6c(N(c7ccc(C)cc7)c7ccc(C)cc7)c7cccc8c9cccc2c9c(c34)c(c65)c78)cc1. The molecular weight excluding hydrogens is 701 g/mol. The molecule has 0 aliphatic carbocycles. The molecule has 0 saturated heterocycles. The highest BCUT2D eigenvalue weighted by Gasteiger charge is 2.30. The highest BCUT2D eigenvalue weighted by molar-refractivity contribution is 6.51. The van der Waals surface area contributed by atoms with Gasteiger partial charge >= 0.3 is 0 Å². The topological polar surface area (TPSA) is 6.48 Å². The first-order chi connectivity index (χ1) is 28.4. The van der Waals surface area contributed by atoms with Crippen LogP contribution in [0.15, 0.2) is 170 Å². The molecule has 0 heterocycles. The predicted octanol–water partition coefficient (Wildman–Crippen LogP) is 16.2. The lowest BCUT2D eigenvalue weighted by atomic mass is 9.79. The summed E-state index contributed by atoms with van der Waals surface area (Å²) in [6.07, 6.45) is 0. The Morgan fingerprint density at radius 1 is 0.224 bits per heavy atom. The van der Waals surface area contributed by atoms with Gasteiger partial charge in [0.15, 0.2) is 0 Å². The molecule has 2 nitrogen and oxygen atoms in total. The minimum atomic E-state index is 1.15. The Kier molecular flexibility index (Phi) is 6.93.